The number of fused-ring (bicyclic) bond motifs is 3. The predicted octanol–water partition coefficient (Wildman–Crippen LogP) is 6.68. The lowest BCUT2D eigenvalue weighted by atomic mass is 9.98. The summed E-state index contributed by atoms with van der Waals surface area (Å²) in [5, 5.41) is 0. The summed E-state index contributed by atoms with van der Waals surface area (Å²) >= 11 is 0. The number of ether oxygens (including phenoxy) is 10. The van der Waals surface area contributed by atoms with Gasteiger partial charge in [-0.25, -0.2) is 4.79 Å². The van der Waals surface area contributed by atoms with Gasteiger partial charge in [0.25, 0.3) is 0 Å². The average molecular weight is 804 g/mol. The van der Waals surface area contributed by atoms with Crippen molar-refractivity contribution in [3.8, 4) is 11.1 Å². The van der Waals surface area contributed by atoms with E-state index in [1.807, 2.05) is 24.3 Å². The predicted molar refractivity (Wildman–Crippen MR) is 218 cm³/mol. The zero-order valence-corrected chi connectivity index (χ0v) is 34.6. The Morgan fingerprint density at radius 3 is 1.33 bits per heavy atom. The van der Waals surface area contributed by atoms with E-state index in [0.717, 1.165) is 12.8 Å². The first-order valence-corrected chi connectivity index (χ1v) is 21.0. The number of nitrogens with zero attached hydrogens (tertiary/aromatic N) is 1. The Balaban J connectivity index is 0.969. The van der Waals surface area contributed by atoms with Crippen LogP contribution in [0.25, 0.3) is 11.1 Å². The first kappa shape index (κ1) is 48.2. The molecule has 0 saturated carbocycles. The van der Waals surface area contributed by atoms with E-state index in [-0.39, 0.29) is 24.6 Å². The summed E-state index contributed by atoms with van der Waals surface area (Å²) in [4.78, 5) is 25.9. The van der Waals surface area contributed by atoms with Gasteiger partial charge in [-0.2, -0.15) is 0 Å². The standard InChI is InChI=1S/C44H69NO12/c1-3-4-5-6-7-8-9-18-43(46)56-36-35-55-34-33-54-32-31-53-30-29-52-28-27-51-26-25-50-24-23-49-22-21-48-20-19-45(2)44(47)57-37-42-40-16-12-10-14-38(40)39-15-11-13-17-41(39)42/h10-17,42H,3-9,18-37H2,1-2H3. The molecule has 0 bridgehead atoms. The van der Waals surface area contributed by atoms with Crippen LogP contribution in [0.3, 0.4) is 0 Å². The number of hydrogen-bond donors (Lipinski definition) is 0. The van der Waals surface area contributed by atoms with E-state index in [9.17, 15) is 9.59 Å². The highest BCUT2D eigenvalue weighted by molar-refractivity contribution is 5.79. The number of amides is 1. The Morgan fingerprint density at radius 1 is 0.491 bits per heavy atom. The lowest BCUT2D eigenvalue weighted by molar-refractivity contribution is -0.145. The van der Waals surface area contributed by atoms with E-state index in [0.29, 0.717) is 125 Å². The highest BCUT2D eigenvalue weighted by atomic mass is 16.6. The fourth-order valence-electron chi connectivity index (χ4n) is 6.15. The number of carbonyl (C=O) groups is 2. The highest BCUT2D eigenvalue weighted by Crippen LogP contribution is 2.44. The van der Waals surface area contributed by atoms with Crippen molar-refractivity contribution in [2.45, 2.75) is 64.2 Å². The minimum atomic E-state index is -0.366. The second-order valence-corrected chi connectivity index (χ2v) is 13.7. The van der Waals surface area contributed by atoms with E-state index in [1.54, 1.807) is 7.05 Å². The van der Waals surface area contributed by atoms with Gasteiger partial charge in [0.05, 0.1) is 106 Å². The van der Waals surface area contributed by atoms with Crippen LogP contribution >= 0.6 is 0 Å². The van der Waals surface area contributed by atoms with Crippen LogP contribution in [0.4, 0.5) is 4.79 Å². The molecule has 0 aromatic heterocycles. The number of carbonyl (C=O) groups excluding carboxylic acids is 2. The molecule has 2 aromatic carbocycles. The quantitative estimate of drug-likeness (QED) is 0.0534. The maximum absolute atomic E-state index is 12.6. The molecular weight excluding hydrogens is 734 g/mol. The molecule has 0 unspecified atom stereocenters. The molecule has 13 heteroatoms. The van der Waals surface area contributed by atoms with Crippen LogP contribution in [-0.4, -0.2) is 149 Å². The van der Waals surface area contributed by atoms with Gasteiger partial charge in [0.15, 0.2) is 0 Å². The van der Waals surface area contributed by atoms with Crippen molar-refractivity contribution in [3.05, 3.63) is 59.7 Å². The van der Waals surface area contributed by atoms with Crippen molar-refractivity contribution in [2.75, 3.05) is 133 Å². The lowest BCUT2D eigenvalue weighted by Gasteiger charge is -2.19. The van der Waals surface area contributed by atoms with Crippen molar-refractivity contribution in [3.63, 3.8) is 0 Å². The Hall–Kier alpha value is -3.14. The summed E-state index contributed by atoms with van der Waals surface area (Å²) in [6.45, 7) is 10.5. The number of unbranched alkanes of at least 4 members (excludes halogenated alkanes) is 6. The maximum atomic E-state index is 12.6. The van der Waals surface area contributed by atoms with Crippen molar-refractivity contribution >= 4 is 12.1 Å². The van der Waals surface area contributed by atoms with Gasteiger partial charge < -0.3 is 52.3 Å². The Labute approximate surface area is 340 Å². The molecular formula is C44H69NO12. The normalized spacial score (nSPS) is 12.1. The van der Waals surface area contributed by atoms with Crippen LogP contribution in [0.15, 0.2) is 48.5 Å². The Kier molecular flexibility index (Phi) is 27.7. The molecule has 322 valence electrons. The van der Waals surface area contributed by atoms with Crippen molar-refractivity contribution in [1.29, 1.82) is 0 Å². The third kappa shape index (κ3) is 22.0. The summed E-state index contributed by atoms with van der Waals surface area (Å²) < 4.78 is 55.0. The smallest absolute Gasteiger partial charge is 0.409 e. The third-order valence-corrected chi connectivity index (χ3v) is 9.30. The van der Waals surface area contributed by atoms with Gasteiger partial charge in [0.1, 0.15) is 13.2 Å². The molecule has 0 radical (unpaired) electrons. The molecule has 0 saturated heterocycles. The van der Waals surface area contributed by atoms with Gasteiger partial charge in [-0.1, -0.05) is 94.0 Å². The van der Waals surface area contributed by atoms with Crippen LogP contribution in [0, 0.1) is 0 Å². The van der Waals surface area contributed by atoms with Crippen LogP contribution in [0.1, 0.15) is 75.3 Å². The first-order chi connectivity index (χ1) is 28.1. The van der Waals surface area contributed by atoms with E-state index >= 15 is 0 Å². The zero-order chi connectivity index (χ0) is 40.4. The van der Waals surface area contributed by atoms with Gasteiger partial charge in [-0.15, -0.1) is 0 Å². The molecule has 0 heterocycles. The van der Waals surface area contributed by atoms with Crippen LogP contribution < -0.4 is 0 Å². The minimum absolute atomic E-state index is 0.0367. The molecule has 1 aliphatic rings. The summed E-state index contributed by atoms with van der Waals surface area (Å²) in [6.07, 6.45) is 8.40. The molecule has 0 N–H and O–H groups in total. The van der Waals surface area contributed by atoms with Crippen LogP contribution in [0.5, 0.6) is 0 Å². The number of rotatable bonds is 37. The Morgan fingerprint density at radius 2 is 0.877 bits per heavy atom. The number of likely N-dealkylation sites (N-methyl/N-ethyl adjacent to an activating group) is 1. The molecule has 2 aromatic rings. The molecule has 0 spiro atoms. The summed E-state index contributed by atoms with van der Waals surface area (Å²) in [5.74, 6) is -0.108. The fourth-order valence-corrected chi connectivity index (χ4v) is 6.15. The van der Waals surface area contributed by atoms with E-state index < -0.39 is 0 Å². The summed E-state index contributed by atoms with van der Waals surface area (Å²) in [6, 6.07) is 16.6. The maximum Gasteiger partial charge on any atom is 0.409 e. The molecule has 0 fully saturated rings. The molecule has 1 amide bonds. The Bertz CT molecular complexity index is 1270. The number of benzene rings is 2. The van der Waals surface area contributed by atoms with Crippen molar-refractivity contribution in [2.24, 2.45) is 0 Å². The van der Waals surface area contributed by atoms with Crippen molar-refractivity contribution < 1.29 is 57.0 Å². The van der Waals surface area contributed by atoms with Crippen molar-refractivity contribution in [1.82, 2.24) is 4.90 Å². The van der Waals surface area contributed by atoms with Gasteiger partial charge in [-0.05, 0) is 28.7 Å². The largest absolute Gasteiger partial charge is 0.463 e. The van der Waals surface area contributed by atoms with Gasteiger partial charge >= 0.3 is 12.1 Å². The molecule has 0 aliphatic heterocycles. The van der Waals surface area contributed by atoms with Gasteiger partial charge in [0.2, 0.25) is 0 Å². The SMILES string of the molecule is CCCCCCCCCC(=O)OCCOCCOCCOCCOCCOCCOCCOCCOCCN(C)C(=O)OCC1c2ccccc2-c2ccccc21. The second-order valence-electron chi connectivity index (χ2n) is 13.7. The third-order valence-electron chi connectivity index (χ3n) is 9.30. The summed E-state index contributed by atoms with van der Waals surface area (Å²) in [7, 11) is 1.71. The van der Waals surface area contributed by atoms with E-state index in [2.05, 4.69) is 31.2 Å². The highest BCUT2D eigenvalue weighted by Gasteiger charge is 2.29. The van der Waals surface area contributed by atoms with Crippen LogP contribution in [0.2, 0.25) is 0 Å². The number of hydrogen-bond acceptors (Lipinski definition) is 12. The zero-order valence-electron chi connectivity index (χ0n) is 34.6. The monoisotopic (exact) mass is 803 g/mol. The molecule has 13 nitrogen and oxygen atoms in total. The molecule has 0 atom stereocenters. The lowest BCUT2D eigenvalue weighted by Crippen LogP contribution is -2.32. The summed E-state index contributed by atoms with van der Waals surface area (Å²) in [5.41, 5.74) is 4.79. The average Bonchev–Trinajstić information content (AvgIpc) is 3.55. The van der Waals surface area contributed by atoms with E-state index in [4.69, 9.17) is 47.4 Å². The molecule has 3 rings (SSSR count). The topological polar surface area (TPSA) is 130 Å². The van der Waals surface area contributed by atoms with Crippen LogP contribution in [-0.2, 0) is 52.2 Å². The first-order valence-electron chi connectivity index (χ1n) is 21.0. The van der Waals surface area contributed by atoms with Gasteiger partial charge in [-0.3, -0.25) is 4.79 Å². The van der Waals surface area contributed by atoms with E-state index in [1.165, 1.54) is 59.3 Å². The molecule has 1 aliphatic carbocycles. The minimum Gasteiger partial charge on any atom is -0.463 e. The number of esters is 1. The van der Waals surface area contributed by atoms with Gasteiger partial charge in [0, 0.05) is 25.9 Å². The molecule has 57 heavy (non-hydrogen) atoms. The second kappa shape index (κ2) is 32.8. The fraction of sp³-hybridized carbons (Fsp3) is 0.682.